The molecule has 0 bridgehead atoms. The molecular formula is C13H14O3. The first-order valence-corrected chi connectivity index (χ1v) is 5.38. The van der Waals surface area contributed by atoms with Gasteiger partial charge in [0, 0.05) is 6.42 Å². The highest BCUT2D eigenvalue weighted by Crippen LogP contribution is 2.15. The Morgan fingerprint density at radius 1 is 1.38 bits per heavy atom. The van der Waals surface area contributed by atoms with Gasteiger partial charge in [0.25, 0.3) is 0 Å². The molecule has 0 N–H and O–H groups in total. The van der Waals surface area contributed by atoms with Crippen LogP contribution in [-0.4, -0.2) is 12.6 Å². The maximum Gasteiger partial charge on any atom is 0.334 e. The van der Waals surface area contributed by atoms with E-state index < -0.39 is 0 Å². The van der Waals surface area contributed by atoms with Gasteiger partial charge in [0.05, 0.1) is 12.7 Å². The Morgan fingerprint density at radius 3 is 2.88 bits per heavy atom. The average molecular weight is 218 g/mol. The predicted octanol–water partition coefficient (Wildman–Crippen LogP) is 2.42. The lowest BCUT2D eigenvalue weighted by atomic mass is 10.2. The van der Waals surface area contributed by atoms with Crippen LogP contribution in [0.4, 0.5) is 0 Å². The van der Waals surface area contributed by atoms with Crippen molar-refractivity contribution in [2.24, 2.45) is 0 Å². The Morgan fingerprint density at radius 2 is 2.19 bits per heavy atom. The van der Waals surface area contributed by atoms with Gasteiger partial charge in [0.15, 0.2) is 0 Å². The van der Waals surface area contributed by atoms with Gasteiger partial charge < -0.3 is 9.47 Å². The third kappa shape index (κ3) is 3.12. The summed E-state index contributed by atoms with van der Waals surface area (Å²) in [5.74, 6) is 0.402. The van der Waals surface area contributed by atoms with E-state index in [4.69, 9.17) is 9.47 Å². The molecule has 2 rings (SSSR count). The number of rotatable bonds is 3. The molecule has 3 nitrogen and oxygen atoms in total. The van der Waals surface area contributed by atoms with Crippen LogP contribution in [0.25, 0.3) is 0 Å². The third-order valence-electron chi connectivity index (χ3n) is 2.36. The zero-order chi connectivity index (χ0) is 11.2. The van der Waals surface area contributed by atoms with E-state index in [0.717, 1.165) is 24.2 Å². The smallest absolute Gasteiger partial charge is 0.334 e. The molecule has 0 spiro atoms. The molecule has 1 aromatic rings. The van der Waals surface area contributed by atoms with Gasteiger partial charge in [-0.15, -0.1) is 0 Å². The monoisotopic (exact) mass is 218 g/mol. The molecule has 1 aliphatic rings. The van der Waals surface area contributed by atoms with Gasteiger partial charge in [0.1, 0.15) is 12.4 Å². The normalized spacial score (nSPS) is 17.1. The molecule has 1 fully saturated rings. The quantitative estimate of drug-likeness (QED) is 0.577. The van der Waals surface area contributed by atoms with Gasteiger partial charge in [-0.2, -0.15) is 0 Å². The highest BCUT2D eigenvalue weighted by atomic mass is 16.5. The van der Waals surface area contributed by atoms with E-state index in [0.29, 0.717) is 13.2 Å². The van der Waals surface area contributed by atoms with E-state index in [2.05, 4.69) is 0 Å². The number of carbonyl (C=O) groups is 1. The van der Waals surface area contributed by atoms with Crippen LogP contribution in [0.5, 0.6) is 0 Å². The van der Waals surface area contributed by atoms with Gasteiger partial charge in [-0.05, 0) is 12.0 Å². The Balaban J connectivity index is 1.82. The molecule has 0 aliphatic carbocycles. The summed E-state index contributed by atoms with van der Waals surface area (Å²) in [6.07, 6.45) is 3.26. The van der Waals surface area contributed by atoms with Crippen molar-refractivity contribution in [3.8, 4) is 0 Å². The largest absolute Gasteiger partial charge is 0.498 e. The zero-order valence-electron chi connectivity index (χ0n) is 9.02. The van der Waals surface area contributed by atoms with Crippen molar-refractivity contribution < 1.29 is 14.3 Å². The highest BCUT2D eigenvalue weighted by Gasteiger charge is 2.10. The van der Waals surface area contributed by atoms with Gasteiger partial charge in [-0.3, -0.25) is 0 Å². The first-order chi connectivity index (χ1) is 7.84. The summed E-state index contributed by atoms with van der Waals surface area (Å²) >= 11 is 0. The molecule has 16 heavy (non-hydrogen) atoms. The molecule has 3 heteroatoms. The van der Waals surface area contributed by atoms with Gasteiger partial charge in [-0.25, -0.2) is 4.79 Å². The van der Waals surface area contributed by atoms with E-state index in [1.807, 2.05) is 30.3 Å². The summed E-state index contributed by atoms with van der Waals surface area (Å²) < 4.78 is 10.3. The number of ether oxygens (including phenoxy) is 2. The first kappa shape index (κ1) is 10.7. The summed E-state index contributed by atoms with van der Waals surface area (Å²) in [5, 5.41) is 0. The first-order valence-electron chi connectivity index (χ1n) is 5.38. The molecule has 1 heterocycles. The lowest BCUT2D eigenvalue weighted by Gasteiger charge is -2.02. The molecule has 84 valence electrons. The van der Waals surface area contributed by atoms with Crippen LogP contribution < -0.4 is 0 Å². The van der Waals surface area contributed by atoms with E-state index in [1.165, 1.54) is 6.08 Å². The van der Waals surface area contributed by atoms with E-state index in [9.17, 15) is 4.79 Å². The maximum absolute atomic E-state index is 11.4. The minimum atomic E-state index is -0.333. The number of carbonyl (C=O) groups excluding carboxylic acids is 1. The SMILES string of the molecule is O=C(/C=C1/CCCO1)OCc1ccccc1. The Bertz CT molecular complexity index is 373. The van der Waals surface area contributed by atoms with Crippen molar-refractivity contribution in [2.75, 3.05) is 6.61 Å². The minimum absolute atomic E-state index is 0.309. The van der Waals surface area contributed by atoms with Gasteiger partial charge in [0.2, 0.25) is 0 Å². The van der Waals surface area contributed by atoms with Crippen molar-refractivity contribution in [3.63, 3.8) is 0 Å². The lowest BCUT2D eigenvalue weighted by Crippen LogP contribution is -2.02. The zero-order valence-corrected chi connectivity index (χ0v) is 9.02. The third-order valence-corrected chi connectivity index (χ3v) is 2.36. The standard InChI is InChI=1S/C13H14O3/c14-13(9-12-7-4-8-15-12)16-10-11-5-2-1-3-6-11/h1-3,5-6,9H,4,7-8,10H2/b12-9-. The summed E-state index contributed by atoms with van der Waals surface area (Å²) in [6, 6.07) is 9.61. The molecule has 0 atom stereocenters. The summed E-state index contributed by atoms with van der Waals surface area (Å²) in [6.45, 7) is 1.02. The summed E-state index contributed by atoms with van der Waals surface area (Å²) in [7, 11) is 0. The number of hydrogen-bond acceptors (Lipinski definition) is 3. The van der Waals surface area contributed by atoms with Crippen molar-refractivity contribution >= 4 is 5.97 Å². The lowest BCUT2D eigenvalue weighted by molar-refractivity contribution is -0.139. The van der Waals surface area contributed by atoms with Crippen molar-refractivity contribution in [1.82, 2.24) is 0 Å². The minimum Gasteiger partial charge on any atom is -0.498 e. The molecule has 1 saturated heterocycles. The van der Waals surface area contributed by atoms with Crippen LogP contribution in [0, 0.1) is 0 Å². The Labute approximate surface area is 94.7 Å². The molecule has 0 radical (unpaired) electrons. The summed E-state index contributed by atoms with van der Waals surface area (Å²) in [4.78, 5) is 11.4. The van der Waals surface area contributed by atoms with Gasteiger partial charge >= 0.3 is 5.97 Å². The van der Waals surface area contributed by atoms with Crippen molar-refractivity contribution in [2.45, 2.75) is 19.4 Å². The van der Waals surface area contributed by atoms with Crippen LogP contribution in [-0.2, 0) is 20.9 Å². The number of hydrogen-bond donors (Lipinski definition) is 0. The van der Waals surface area contributed by atoms with Crippen molar-refractivity contribution in [1.29, 1.82) is 0 Å². The Hall–Kier alpha value is -1.77. The molecule has 0 saturated carbocycles. The topological polar surface area (TPSA) is 35.5 Å². The molecule has 1 aromatic carbocycles. The fourth-order valence-corrected chi connectivity index (χ4v) is 1.54. The molecule has 0 amide bonds. The van der Waals surface area contributed by atoms with Crippen LogP contribution in [0.15, 0.2) is 42.2 Å². The van der Waals surface area contributed by atoms with E-state index in [-0.39, 0.29) is 5.97 Å². The van der Waals surface area contributed by atoms with Crippen LogP contribution >= 0.6 is 0 Å². The predicted molar refractivity (Wildman–Crippen MR) is 59.5 cm³/mol. The highest BCUT2D eigenvalue weighted by molar-refractivity contribution is 5.82. The van der Waals surface area contributed by atoms with Crippen LogP contribution in [0.2, 0.25) is 0 Å². The van der Waals surface area contributed by atoms with Gasteiger partial charge in [-0.1, -0.05) is 30.3 Å². The van der Waals surface area contributed by atoms with Crippen LogP contribution in [0.3, 0.4) is 0 Å². The van der Waals surface area contributed by atoms with Crippen LogP contribution in [0.1, 0.15) is 18.4 Å². The van der Waals surface area contributed by atoms with E-state index in [1.54, 1.807) is 0 Å². The number of esters is 1. The molecule has 0 aromatic heterocycles. The number of allylic oxidation sites excluding steroid dienone is 1. The average Bonchev–Trinajstić information content (AvgIpc) is 2.81. The second-order valence-electron chi connectivity index (χ2n) is 3.66. The maximum atomic E-state index is 11.4. The fourth-order valence-electron chi connectivity index (χ4n) is 1.54. The molecule has 0 unspecified atom stereocenters. The second-order valence-corrected chi connectivity index (χ2v) is 3.66. The molecule has 1 aliphatic heterocycles. The number of benzene rings is 1. The van der Waals surface area contributed by atoms with E-state index >= 15 is 0 Å². The Kier molecular flexibility index (Phi) is 3.59. The fraction of sp³-hybridized carbons (Fsp3) is 0.308. The molecular weight excluding hydrogens is 204 g/mol. The summed E-state index contributed by atoms with van der Waals surface area (Å²) in [5.41, 5.74) is 0.988. The van der Waals surface area contributed by atoms with Crippen molar-refractivity contribution in [3.05, 3.63) is 47.7 Å². The second kappa shape index (κ2) is 5.35.